The van der Waals surface area contributed by atoms with E-state index < -0.39 is 0 Å². The van der Waals surface area contributed by atoms with E-state index in [2.05, 4.69) is 5.32 Å². The predicted octanol–water partition coefficient (Wildman–Crippen LogP) is 3.75. The van der Waals surface area contributed by atoms with Crippen molar-refractivity contribution in [2.24, 2.45) is 0 Å². The van der Waals surface area contributed by atoms with Gasteiger partial charge in [-0.3, -0.25) is 4.79 Å². The summed E-state index contributed by atoms with van der Waals surface area (Å²) in [5.41, 5.74) is 2.47. The lowest BCUT2D eigenvalue weighted by Gasteiger charge is -2.19. The Kier molecular flexibility index (Phi) is 3.46. The van der Waals surface area contributed by atoms with Crippen LogP contribution in [0.2, 0.25) is 0 Å². The minimum atomic E-state index is -0.119. The van der Waals surface area contributed by atoms with Gasteiger partial charge in [-0.25, -0.2) is 0 Å². The second-order valence-corrected chi connectivity index (χ2v) is 6.20. The van der Waals surface area contributed by atoms with Crippen LogP contribution in [-0.2, 0) is 6.54 Å². The average molecular weight is 328 g/mol. The Bertz CT molecular complexity index is 881. The molecule has 3 aromatic rings. The quantitative estimate of drug-likeness (QED) is 0.797. The second-order valence-electron chi connectivity index (χ2n) is 5.26. The first-order valence-electron chi connectivity index (χ1n) is 7.54. The number of rotatable bonds is 3. The summed E-state index contributed by atoms with van der Waals surface area (Å²) < 4.78 is 14.2. The molecule has 3 heterocycles. The summed E-state index contributed by atoms with van der Waals surface area (Å²) in [6.45, 7) is 3.88. The van der Waals surface area contributed by atoms with Crippen LogP contribution in [0, 0.1) is 0 Å². The molecule has 1 amide bonds. The highest BCUT2D eigenvalue weighted by molar-refractivity contribution is 7.17. The van der Waals surface area contributed by atoms with Crippen LogP contribution in [-0.4, -0.2) is 23.7 Å². The number of anilines is 1. The van der Waals surface area contributed by atoms with Crippen LogP contribution in [0.15, 0.2) is 35.7 Å². The van der Waals surface area contributed by atoms with Gasteiger partial charge in [0.2, 0.25) is 0 Å². The number of hydrogen-bond acceptors (Lipinski definition) is 4. The number of aromatic nitrogens is 1. The van der Waals surface area contributed by atoms with E-state index in [1.165, 1.54) is 0 Å². The van der Waals surface area contributed by atoms with E-state index in [1.807, 2.05) is 41.1 Å². The fraction of sp³-hybridized carbons (Fsp3) is 0.235. The highest BCUT2D eigenvalue weighted by atomic mass is 32.1. The second kappa shape index (κ2) is 5.62. The molecule has 0 unspecified atom stereocenters. The summed E-state index contributed by atoms with van der Waals surface area (Å²) in [7, 11) is 0. The van der Waals surface area contributed by atoms with Crippen LogP contribution in [0.4, 0.5) is 5.69 Å². The zero-order valence-electron chi connectivity index (χ0n) is 12.7. The van der Waals surface area contributed by atoms with Crippen LogP contribution in [0.1, 0.15) is 17.4 Å². The number of benzene rings is 1. The molecule has 0 radical (unpaired) electrons. The van der Waals surface area contributed by atoms with Gasteiger partial charge in [-0.1, -0.05) is 0 Å². The van der Waals surface area contributed by atoms with Crippen LogP contribution in [0.3, 0.4) is 0 Å². The normalized spacial score (nSPS) is 13.3. The summed E-state index contributed by atoms with van der Waals surface area (Å²) >= 11 is 1.64. The van der Waals surface area contributed by atoms with Crippen LogP contribution in [0.25, 0.3) is 10.2 Å². The Balaban J connectivity index is 1.62. The maximum atomic E-state index is 12.6. The molecular weight excluding hydrogens is 312 g/mol. The van der Waals surface area contributed by atoms with Gasteiger partial charge in [-0.15, -0.1) is 11.3 Å². The van der Waals surface area contributed by atoms with E-state index in [0.29, 0.717) is 36.1 Å². The standard InChI is InChI=1S/C17H16N2O3S/c1-2-19-12-5-8-23-16(12)10-13(19)17(20)18-11-3-4-14-15(9-11)22-7-6-21-14/h3-5,8-10H,2,6-7H2,1H3,(H,18,20). The lowest BCUT2D eigenvalue weighted by atomic mass is 10.2. The highest BCUT2D eigenvalue weighted by Gasteiger charge is 2.17. The number of carbonyl (C=O) groups is 1. The first kappa shape index (κ1) is 14.1. The summed E-state index contributed by atoms with van der Waals surface area (Å²) in [5.74, 6) is 1.26. The van der Waals surface area contributed by atoms with Gasteiger partial charge in [-0.2, -0.15) is 0 Å². The molecule has 0 atom stereocenters. The van der Waals surface area contributed by atoms with Crippen molar-refractivity contribution in [3.63, 3.8) is 0 Å². The number of aryl methyl sites for hydroxylation is 1. The zero-order chi connectivity index (χ0) is 15.8. The molecule has 4 rings (SSSR count). The van der Waals surface area contributed by atoms with Gasteiger partial charge in [0, 0.05) is 18.3 Å². The Morgan fingerprint density at radius 2 is 2.04 bits per heavy atom. The van der Waals surface area contributed by atoms with Crippen molar-refractivity contribution in [3.05, 3.63) is 41.4 Å². The van der Waals surface area contributed by atoms with Crippen LogP contribution >= 0.6 is 11.3 Å². The van der Waals surface area contributed by atoms with E-state index in [1.54, 1.807) is 17.4 Å². The van der Waals surface area contributed by atoms with Crippen LogP contribution in [0.5, 0.6) is 11.5 Å². The third-order valence-electron chi connectivity index (χ3n) is 3.87. The maximum Gasteiger partial charge on any atom is 0.272 e. The molecule has 1 N–H and O–H groups in total. The number of fused-ring (bicyclic) bond motifs is 2. The smallest absolute Gasteiger partial charge is 0.272 e. The molecule has 0 saturated carbocycles. The highest BCUT2D eigenvalue weighted by Crippen LogP contribution is 2.33. The van der Waals surface area contributed by atoms with Gasteiger partial charge < -0.3 is 19.4 Å². The fourth-order valence-electron chi connectivity index (χ4n) is 2.82. The fourth-order valence-corrected chi connectivity index (χ4v) is 3.64. The topological polar surface area (TPSA) is 52.5 Å². The number of carbonyl (C=O) groups excluding carboxylic acids is 1. The summed E-state index contributed by atoms with van der Waals surface area (Å²) in [6.07, 6.45) is 0. The molecule has 23 heavy (non-hydrogen) atoms. The molecule has 0 aliphatic carbocycles. The third-order valence-corrected chi connectivity index (χ3v) is 4.72. The Labute approximate surface area is 137 Å². The van der Waals surface area contributed by atoms with Gasteiger partial charge in [0.15, 0.2) is 11.5 Å². The number of nitrogens with one attached hydrogen (secondary N) is 1. The van der Waals surface area contributed by atoms with E-state index in [0.717, 1.165) is 16.8 Å². The Hall–Kier alpha value is -2.47. The van der Waals surface area contributed by atoms with Crippen molar-refractivity contribution in [3.8, 4) is 11.5 Å². The first-order valence-corrected chi connectivity index (χ1v) is 8.42. The van der Waals surface area contributed by atoms with Crippen molar-refractivity contribution in [2.75, 3.05) is 18.5 Å². The summed E-state index contributed by atoms with van der Waals surface area (Å²) in [6, 6.07) is 9.43. The molecule has 0 saturated heterocycles. The molecule has 0 fully saturated rings. The molecule has 2 aromatic heterocycles. The van der Waals surface area contributed by atoms with Gasteiger partial charge in [0.1, 0.15) is 18.9 Å². The number of amides is 1. The molecule has 118 valence electrons. The molecule has 1 aromatic carbocycles. The third kappa shape index (κ3) is 2.45. The van der Waals surface area contributed by atoms with E-state index in [4.69, 9.17) is 9.47 Å². The molecule has 1 aliphatic heterocycles. The number of nitrogens with zero attached hydrogens (tertiary/aromatic N) is 1. The van der Waals surface area contributed by atoms with Gasteiger partial charge in [0.05, 0.1) is 10.2 Å². The van der Waals surface area contributed by atoms with Gasteiger partial charge in [-0.05, 0) is 36.6 Å². The molecule has 5 nitrogen and oxygen atoms in total. The van der Waals surface area contributed by atoms with E-state index in [-0.39, 0.29) is 5.91 Å². The molecule has 0 spiro atoms. The lowest BCUT2D eigenvalue weighted by Crippen LogP contribution is -2.18. The number of thiophene rings is 1. The predicted molar refractivity (Wildman–Crippen MR) is 90.9 cm³/mol. The number of ether oxygens (including phenoxy) is 2. The van der Waals surface area contributed by atoms with Crippen molar-refractivity contribution in [1.82, 2.24) is 4.57 Å². The van der Waals surface area contributed by atoms with Crippen molar-refractivity contribution >= 4 is 33.1 Å². The largest absolute Gasteiger partial charge is 0.486 e. The van der Waals surface area contributed by atoms with Gasteiger partial charge >= 0.3 is 0 Å². The molecular formula is C17H16N2O3S. The summed E-state index contributed by atoms with van der Waals surface area (Å²) in [5, 5.41) is 4.98. The van der Waals surface area contributed by atoms with Crippen molar-refractivity contribution in [2.45, 2.75) is 13.5 Å². The van der Waals surface area contributed by atoms with Gasteiger partial charge in [0.25, 0.3) is 5.91 Å². The Morgan fingerprint density at radius 3 is 2.87 bits per heavy atom. The van der Waals surface area contributed by atoms with Crippen molar-refractivity contribution < 1.29 is 14.3 Å². The Morgan fingerprint density at radius 1 is 1.22 bits per heavy atom. The summed E-state index contributed by atoms with van der Waals surface area (Å²) in [4.78, 5) is 12.6. The SMILES string of the molecule is CCn1c(C(=O)Nc2ccc3c(c2)OCCO3)cc2sccc21. The minimum absolute atomic E-state index is 0.119. The lowest BCUT2D eigenvalue weighted by molar-refractivity contribution is 0.101. The minimum Gasteiger partial charge on any atom is -0.486 e. The monoisotopic (exact) mass is 328 g/mol. The van der Waals surface area contributed by atoms with Crippen molar-refractivity contribution in [1.29, 1.82) is 0 Å². The van der Waals surface area contributed by atoms with Crippen LogP contribution < -0.4 is 14.8 Å². The maximum absolute atomic E-state index is 12.6. The molecule has 1 aliphatic rings. The van der Waals surface area contributed by atoms with E-state index >= 15 is 0 Å². The van der Waals surface area contributed by atoms with E-state index in [9.17, 15) is 4.79 Å². The average Bonchev–Trinajstić information content (AvgIpc) is 3.15. The first-order chi connectivity index (χ1) is 11.3. The molecule has 6 heteroatoms. The molecule has 0 bridgehead atoms. The number of hydrogen-bond donors (Lipinski definition) is 1. The zero-order valence-corrected chi connectivity index (χ0v) is 13.5.